The van der Waals surface area contributed by atoms with Gasteiger partial charge in [-0.2, -0.15) is 0 Å². The summed E-state index contributed by atoms with van der Waals surface area (Å²) in [6, 6.07) is 5.97. The molecule has 1 aromatic carbocycles. The smallest absolute Gasteiger partial charge is 0.263 e. The number of benzene rings is 1. The van der Waals surface area contributed by atoms with E-state index in [4.69, 9.17) is 9.72 Å². The minimum absolute atomic E-state index is 0.0118. The van der Waals surface area contributed by atoms with Crippen molar-refractivity contribution in [3.05, 3.63) is 50.1 Å². The summed E-state index contributed by atoms with van der Waals surface area (Å²) >= 11 is 2.95. The first-order chi connectivity index (χ1) is 15.0. The Morgan fingerprint density at radius 2 is 2.03 bits per heavy atom. The van der Waals surface area contributed by atoms with Gasteiger partial charge >= 0.3 is 0 Å². The molecule has 0 spiro atoms. The number of nitrogens with one attached hydrogen (secondary N) is 1. The van der Waals surface area contributed by atoms with Crippen molar-refractivity contribution >= 4 is 44.9 Å². The van der Waals surface area contributed by atoms with Crippen LogP contribution in [0, 0.1) is 13.8 Å². The average Bonchev–Trinajstić information content (AvgIpc) is 3.28. The molecule has 0 fully saturated rings. The fraction of sp³-hybridized carbons (Fsp3) is 0.435. The van der Waals surface area contributed by atoms with E-state index < -0.39 is 0 Å². The Bertz CT molecular complexity index is 1160. The van der Waals surface area contributed by atoms with Crippen LogP contribution in [0.15, 0.2) is 28.2 Å². The highest BCUT2D eigenvalue weighted by molar-refractivity contribution is 7.99. The topological polar surface area (TPSA) is 73.2 Å². The van der Waals surface area contributed by atoms with Crippen molar-refractivity contribution < 1.29 is 9.53 Å². The predicted octanol–water partition coefficient (Wildman–Crippen LogP) is 4.33. The van der Waals surface area contributed by atoms with Gasteiger partial charge in [0.1, 0.15) is 4.83 Å². The third-order valence-electron chi connectivity index (χ3n) is 5.36. The number of aromatic nitrogens is 2. The van der Waals surface area contributed by atoms with Crippen molar-refractivity contribution in [1.29, 1.82) is 0 Å². The highest BCUT2D eigenvalue weighted by Crippen LogP contribution is 2.35. The minimum Gasteiger partial charge on any atom is -0.385 e. The maximum absolute atomic E-state index is 13.3. The molecule has 1 aliphatic carbocycles. The highest BCUT2D eigenvalue weighted by Gasteiger charge is 2.23. The van der Waals surface area contributed by atoms with Gasteiger partial charge < -0.3 is 10.1 Å². The zero-order valence-electron chi connectivity index (χ0n) is 18.1. The molecule has 0 unspecified atom stereocenters. The summed E-state index contributed by atoms with van der Waals surface area (Å²) in [7, 11) is 1.66. The maximum atomic E-state index is 13.3. The number of carbonyl (C=O) groups is 1. The average molecular weight is 458 g/mol. The van der Waals surface area contributed by atoms with Crippen LogP contribution >= 0.6 is 23.1 Å². The van der Waals surface area contributed by atoms with Crippen molar-refractivity contribution in [3.8, 4) is 0 Å². The van der Waals surface area contributed by atoms with E-state index in [1.165, 1.54) is 22.2 Å². The Hall–Kier alpha value is -2.16. The summed E-state index contributed by atoms with van der Waals surface area (Å²) in [6.07, 6.45) is 3.81. The molecular formula is C23H27N3O3S2. The van der Waals surface area contributed by atoms with Crippen LogP contribution < -0.4 is 10.9 Å². The van der Waals surface area contributed by atoms with E-state index in [-0.39, 0.29) is 17.2 Å². The third kappa shape index (κ3) is 4.86. The lowest BCUT2D eigenvalue weighted by Gasteiger charge is -2.12. The number of fused-ring (bicyclic) bond motifs is 3. The van der Waals surface area contributed by atoms with Crippen LogP contribution in [0.2, 0.25) is 0 Å². The largest absolute Gasteiger partial charge is 0.385 e. The lowest BCUT2D eigenvalue weighted by molar-refractivity contribution is -0.113. The molecule has 8 heteroatoms. The molecule has 4 rings (SSSR count). The number of carbonyl (C=O) groups excluding carboxylic acids is 1. The van der Waals surface area contributed by atoms with E-state index in [0.29, 0.717) is 18.3 Å². The molecule has 31 heavy (non-hydrogen) atoms. The van der Waals surface area contributed by atoms with Gasteiger partial charge in [0, 0.05) is 30.8 Å². The fourth-order valence-electron chi connectivity index (χ4n) is 4.11. The number of ether oxygens (including phenoxy) is 1. The maximum Gasteiger partial charge on any atom is 0.263 e. The molecule has 0 radical (unpaired) electrons. The van der Waals surface area contributed by atoms with Gasteiger partial charge in [-0.15, -0.1) is 11.3 Å². The summed E-state index contributed by atoms with van der Waals surface area (Å²) < 4.78 is 6.89. The Balaban J connectivity index is 1.57. The number of methoxy groups -OCH3 is 1. The first-order valence-electron chi connectivity index (χ1n) is 10.5. The second kappa shape index (κ2) is 9.54. The van der Waals surface area contributed by atoms with Gasteiger partial charge in [-0.1, -0.05) is 17.8 Å². The quantitative estimate of drug-likeness (QED) is 0.310. The summed E-state index contributed by atoms with van der Waals surface area (Å²) in [6.45, 7) is 5.12. The van der Waals surface area contributed by atoms with Crippen LogP contribution in [0.3, 0.4) is 0 Å². The molecule has 1 aliphatic rings. The Morgan fingerprint density at radius 3 is 2.77 bits per heavy atom. The third-order valence-corrected chi connectivity index (χ3v) is 7.52. The van der Waals surface area contributed by atoms with Crippen molar-refractivity contribution in [1.82, 2.24) is 9.55 Å². The number of thiophene rings is 1. The molecule has 0 bridgehead atoms. The van der Waals surface area contributed by atoms with Gasteiger partial charge in [0.2, 0.25) is 5.91 Å². The normalized spacial score (nSPS) is 13.0. The number of nitrogens with zero attached hydrogens (tertiary/aromatic N) is 2. The molecular weight excluding hydrogens is 430 g/mol. The van der Waals surface area contributed by atoms with Crippen molar-refractivity contribution in [2.24, 2.45) is 0 Å². The molecule has 0 saturated heterocycles. The monoisotopic (exact) mass is 457 g/mol. The number of rotatable bonds is 8. The summed E-state index contributed by atoms with van der Waals surface area (Å²) in [5, 5.41) is 4.33. The number of amides is 1. The molecule has 6 nitrogen and oxygen atoms in total. The van der Waals surface area contributed by atoms with E-state index in [1.54, 1.807) is 23.0 Å². The Morgan fingerprint density at radius 1 is 1.26 bits per heavy atom. The van der Waals surface area contributed by atoms with Gasteiger partial charge in [-0.05, 0) is 68.4 Å². The molecule has 3 aromatic rings. The lowest BCUT2D eigenvalue weighted by Crippen LogP contribution is -2.25. The molecule has 0 atom stereocenters. The number of aryl methyl sites for hydroxylation is 4. The van der Waals surface area contributed by atoms with E-state index in [2.05, 4.69) is 11.4 Å². The molecule has 1 amide bonds. The molecule has 2 heterocycles. The summed E-state index contributed by atoms with van der Waals surface area (Å²) in [4.78, 5) is 32.8. The first kappa shape index (κ1) is 22.0. The predicted molar refractivity (Wildman–Crippen MR) is 128 cm³/mol. The van der Waals surface area contributed by atoms with Crippen molar-refractivity contribution in [3.63, 3.8) is 0 Å². The van der Waals surface area contributed by atoms with Crippen LogP contribution in [0.1, 0.15) is 34.4 Å². The van der Waals surface area contributed by atoms with Crippen LogP contribution in [-0.2, 0) is 28.9 Å². The van der Waals surface area contributed by atoms with Gasteiger partial charge in [-0.25, -0.2) is 4.98 Å². The van der Waals surface area contributed by atoms with Gasteiger partial charge in [0.15, 0.2) is 5.16 Å². The minimum atomic E-state index is -0.110. The SMILES string of the molecule is COCCCn1c(SCC(=O)Nc2cc(C)cc(C)c2)nc2sc3c(c2c1=O)CCC3. The molecule has 2 aromatic heterocycles. The highest BCUT2D eigenvalue weighted by atomic mass is 32.2. The Kier molecular flexibility index (Phi) is 6.79. The Labute approximate surface area is 190 Å². The van der Waals surface area contributed by atoms with Crippen molar-refractivity contribution in [2.75, 3.05) is 24.8 Å². The second-order valence-electron chi connectivity index (χ2n) is 7.95. The van der Waals surface area contributed by atoms with E-state index in [9.17, 15) is 9.59 Å². The number of hydrogen-bond acceptors (Lipinski definition) is 6. The van der Waals surface area contributed by atoms with Gasteiger partial charge in [0.25, 0.3) is 5.56 Å². The van der Waals surface area contributed by atoms with Gasteiger partial charge in [-0.3, -0.25) is 14.2 Å². The van der Waals surface area contributed by atoms with E-state index in [0.717, 1.165) is 52.7 Å². The first-order valence-corrected chi connectivity index (χ1v) is 12.3. The zero-order chi connectivity index (χ0) is 22.0. The molecule has 0 aliphatic heterocycles. The summed E-state index contributed by atoms with van der Waals surface area (Å²) in [5.41, 5.74) is 4.19. The van der Waals surface area contributed by atoms with Crippen LogP contribution in [0.4, 0.5) is 5.69 Å². The zero-order valence-corrected chi connectivity index (χ0v) is 19.8. The van der Waals surface area contributed by atoms with Crippen molar-refractivity contribution in [2.45, 2.75) is 51.2 Å². The van der Waals surface area contributed by atoms with Crippen LogP contribution in [-0.4, -0.2) is 34.9 Å². The van der Waals surface area contributed by atoms with E-state index >= 15 is 0 Å². The van der Waals surface area contributed by atoms with Gasteiger partial charge in [0.05, 0.1) is 11.1 Å². The van der Waals surface area contributed by atoms with Crippen LogP contribution in [0.5, 0.6) is 0 Å². The van der Waals surface area contributed by atoms with Crippen LogP contribution in [0.25, 0.3) is 10.2 Å². The molecule has 0 saturated carbocycles. The molecule has 164 valence electrons. The van der Waals surface area contributed by atoms with E-state index in [1.807, 2.05) is 26.0 Å². The number of hydrogen-bond donors (Lipinski definition) is 1. The number of anilines is 1. The lowest BCUT2D eigenvalue weighted by atomic mass is 10.1. The molecule has 1 N–H and O–H groups in total. The summed E-state index contributed by atoms with van der Waals surface area (Å²) in [5.74, 6) is 0.0850. The fourth-order valence-corrected chi connectivity index (χ4v) is 6.23. The standard InChI is InChI=1S/C23H27N3O3S2/c1-14-10-15(2)12-16(11-14)24-19(27)13-30-23-25-21-20(17-6-4-7-18(17)31-21)22(28)26(23)8-5-9-29-3/h10-12H,4-9,13H2,1-3H3,(H,24,27). The second-order valence-corrected chi connectivity index (χ2v) is 9.97. The number of thioether (sulfide) groups is 1.